The average molecular weight is 278 g/mol. The van der Waals surface area contributed by atoms with Crippen LogP contribution in [0, 0.1) is 0 Å². The zero-order valence-corrected chi connectivity index (χ0v) is 13.2. The third-order valence-electron chi connectivity index (χ3n) is 2.85. The molecule has 0 aliphatic heterocycles. The van der Waals surface area contributed by atoms with Gasteiger partial charge in [-0.2, -0.15) is 0 Å². The molecular formula is C16H26N2O2. The van der Waals surface area contributed by atoms with Crippen LogP contribution in [-0.2, 0) is 9.53 Å². The van der Waals surface area contributed by atoms with E-state index in [0.717, 1.165) is 18.8 Å². The van der Waals surface area contributed by atoms with Crippen LogP contribution in [0.2, 0.25) is 0 Å². The number of esters is 1. The number of nitrogens with zero attached hydrogens (tertiary/aromatic N) is 1. The van der Waals surface area contributed by atoms with Crippen molar-refractivity contribution < 1.29 is 9.53 Å². The summed E-state index contributed by atoms with van der Waals surface area (Å²) in [6.07, 6.45) is 0. The highest BCUT2D eigenvalue weighted by Gasteiger charge is 2.15. The molecule has 1 aromatic carbocycles. The molecule has 0 bridgehead atoms. The molecular weight excluding hydrogens is 252 g/mol. The minimum Gasteiger partial charge on any atom is -0.459 e. The number of hydrogen-bond acceptors (Lipinski definition) is 4. The third-order valence-corrected chi connectivity index (χ3v) is 2.85. The molecule has 0 spiro atoms. The van der Waals surface area contributed by atoms with Gasteiger partial charge in [-0.25, -0.2) is 0 Å². The Morgan fingerprint density at radius 2 is 1.70 bits per heavy atom. The van der Waals surface area contributed by atoms with Gasteiger partial charge in [0.05, 0.1) is 0 Å². The van der Waals surface area contributed by atoms with E-state index in [1.807, 2.05) is 32.9 Å². The minimum absolute atomic E-state index is 0.182. The summed E-state index contributed by atoms with van der Waals surface area (Å²) in [5, 5.41) is 3.08. The number of carbonyl (C=O) groups excluding carboxylic acids is 1. The molecule has 4 heteroatoms. The van der Waals surface area contributed by atoms with Crippen LogP contribution in [0.3, 0.4) is 0 Å². The van der Waals surface area contributed by atoms with E-state index in [4.69, 9.17) is 4.74 Å². The fourth-order valence-corrected chi connectivity index (χ4v) is 1.93. The summed E-state index contributed by atoms with van der Waals surface area (Å²) in [5.74, 6) is -0.245. The van der Waals surface area contributed by atoms with Gasteiger partial charge in [0.2, 0.25) is 0 Å². The van der Waals surface area contributed by atoms with Gasteiger partial charge in [-0.1, -0.05) is 0 Å². The smallest absolute Gasteiger partial charge is 0.325 e. The number of ether oxygens (including phenoxy) is 1. The molecule has 0 unspecified atom stereocenters. The van der Waals surface area contributed by atoms with E-state index >= 15 is 0 Å². The van der Waals surface area contributed by atoms with Gasteiger partial charge in [0, 0.05) is 24.5 Å². The second-order valence-corrected chi connectivity index (χ2v) is 5.66. The summed E-state index contributed by atoms with van der Waals surface area (Å²) in [7, 11) is 0. The monoisotopic (exact) mass is 278 g/mol. The molecule has 0 saturated heterocycles. The summed E-state index contributed by atoms with van der Waals surface area (Å²) in [6.45, 7) is 12.0. The summed E-state index contributed by atoms with van der Waals surface area (Å²) >= 11 is 0. The van der Waals surface area contributed by atoms with Crippen LogP contribution in [0.5, 0.6) is 0 Å². The molecule has 0 fully saturated rings. The molecule has 0 aromatic heterocycles. The predicted octanol–water partition coefficient (Wildman–Crippen LogP) is 3.29. The lowest BCUT2D eigenvalue weighted by molar-refractivity contribution is -0.152. The first kappa shape index (κ1) is 16.3. The lowest BCUT2D eigenvalue weighted by Gasteiger charge is -2.21. The Kier molecular flexibility index (Phi) is 5.86. The van der Waals surface area contributed by atoms with Crippen molar-refractivity contribution in [2.24, 2.45) is 0 Å². The maximum atomic E-state index is 11.6. The van der Waals surface area contributed by atoms with Crippen LogP contribution < -0.4 is 10.2 Å². The van der Waals surface area contributed by atoms with Crippen molar-refractivity contribution in [3.8, 4) is 0 Å². The van der Waals surface area contributed by atoms with E-state index in [0.29, 0.717) is 0 Å². The lowest BCUT2D eigenvalue weighted by atomic mass is 10.2. The highest BCUT2D eigenvalue weighted by atomic mass is 16.6. The first-order valence-electron chi connectivity index (χ1n) is 7.16. The molecule has 0 heterocycles. The van der Waals surface area contributed by atoms with Crippen molar-refractivity contribution in [3.05, 3.63) is 24.3 Å². The zero-order chi connectivity index (χ0) is 15.2. The lowest BCUT2D eigenvalue weighted by Crippen LogP contribution is -2.28. The van der Waals surface area contributed by atoms with Crippen LogP contribution in [0.15, 0.2) is 24.3 Å². The molecule has 4 nitrogen and oxygen atoms in total. The summed E-state index contributed by atoms with van der Waals surface area (Å²) in [5.41, 5.74) is 1.68. The van der Waals surface area contributed by atoms with E-state index < -0.39 is 5.60 Å². The Morgan fingerprint density at radius 1 is 1.15 bits per heavy atom. The third kappa shape index (κ3) is 5.51. The zero-order valence-electron chi connectivity index (χ0n) is 13.2. The SMILES string of the molecule is CCN(CC)c1ccc(NCC(=O)OC(C)(C)C)cc1. The molecule has 0 aliphatic rings. The van der Waals surface area contributed by atoms with Crippen LogP contribution in [0.4, 0.5) is 11.4 Å². The number of anilines is 2. The molecule has 20 heavy (non-hydrogen) atoms. The van der Waals surface area contributed by atoms with E-state index in [2.05, 4.69) is 36.2 Å². The first-order valence-corrected chi connectivity index (χ1v) is 7.16. The number of benzene rings is 1. The van der Waals surface area contributed by atoms with Gasteiger partial charge >= 0.3 is 5.97 Å². The first-order chi connectivity index (χ1) is 9.35. The fourth-order valence-electron chi connectivity index (χ4n) is 1.93. The van der Waals surface area contributed by atoms with E-state index in [1.165, 1.54) is 5.69 Å². The van der Waals surface area contributed by atoms with Gasteiger partial charge in [-0.15, -0.1) is 0 Å². The van der Waals surface area contributed by atoms with Crippen LogP contribution in [0.1, 0.15) is 34.6 Å². The number of rotatable bonds is 6. The Labute approximate surface area is 122 Å². The topological polar surface area (TPSA) is 41.6 Å². The van der Waals surface area contributed by atoms with Gasteiger partial charge in [-0.3, -0.25) is 4.79 Å². The highest BCUT2D eigenvalue weighted by Crippen LogP contribution is 2.17. The summed E-state index contributed by atoms with van der Waals surface area (Å²) in [6, 6.07) is 8.09. The molecule has 1 aromatic rings. The predicted molar refractivity (Wildman–Crippen MR) is 84.3 cm³/mol. The Balaban J connectivity index is 2.52. The number of nitrogens with one attached hydrogen (secondary N) is 1. The Morgan fingerprint density at radius 3 is 2.15 bits per heavy atom. The largest absolute Gasteiger partial charge is 0.459 e. The van der Waals surface area contributed by atoms with Crippen LogP contribution in [0.25, 0.3) is 0 Å². The number of carbonyl (C=O) groups is 1. The summed E-state index contributed by atoms with van der Waals surface area (Å²) < 4.78 is 5.25. The van der Waals surface area contributed by atoms with Gasteiger partial charge in [0.25, 0.3) is 0 Å². The molecule has 1 rings (SSSR count). The average Bonchev–Trinajstić information content (AvgIpc) is 2.37. The van der Waals surface area contributed by atoms with Crippen LogP contribution >= 0.6 is 0 Å². The van der Waals surface area contributed by atoms with Crippen molar-refractivity contribution in [1.82, 2.24) is 0 Å². The quantitative estimate of drug-likeness (QED) is 0.811. The van der Waals surface area contributed by atoms with Gasteiger partial charge < -0.3 is 15.0 Å². The molecule has 112 valence electrons. The Hall–Kier alpha value is -1.71. The molecule has 0 atom stereocenters. The van der Waals surface area contributed by atoms with Gasteiger partial charge in [-0.05, 0) is 58.9 Å². The van der Waals surface area contributed by atoms with E-state index in [9.17, 15) is 4.79 Å². The molecule has 0 amide bonds. The fraction of sp³-hybridized carbons (Fsp3) is 0.562. The second kappa shape index (κ2) is 7.17. The van der Waals surface area contributed by atoms with Crippen molar-refractivity contribution in [3.63, 3.8) is 0 Å². The maximum Gasteiger partial charge on any atom is 0.325 e. The van der Waals surface area contributed by atoms with E-state index in [-0.39, 0.29) is 12.5 Å². The van der Waals surface area contributed by atoms with Crippen molar-refractivity contribution in [2.75, 3.05) is 29.9 Å². The van der Waals surface area contributed by atoms with Gasteiger partial charge in [0.1, 0.15) is 12.1 Å². The molecule has 1 N–H and O–H groups in total. The highest BCUT2D eigenvalue weighted by molar-refractivity contribution is 5.75. The molecule has 0 radical (unpaired) electrons. The van der Waals surface area contributed by atoms with Crippen molar-refractivity contribution in [1.29, 1.82) is 0 Å². The normalized spacial score (nSPS) is 11.1. The minimum atomic E-state index is -0.439. The van der Waals surface area contributed by atoms with Crippen molar-refractivity contribution in [2.45, 2.75) is 40.2 Å². The number of hydrogen-bond donors (Lipinski definition) is 1. The second-order valence-electron chi connectivity index (χ2n) is 5.66. The summed E-state index contributed by atoms with van der Waals surface area (Å²) in [4.78, 5) is 13.9. The molecule has 0 aliphatic carbocycles. The van der Waals surface area contributed by atoms with Gasteiger partial charge in [0.15, 0.2) is 0 Å². The molecule has 0 saturated carbocycles. The van der Waals surface area contributed by atoms with E-state index in [1.54, 1.807) is 0 Å². The standard InChI is InChI=1S/C16H26N2O2/c1-6-18(7-2)14-10-8-13(9-11-14)17-12-15(19)20-16(3,4)5/h8-11,17H,6-7,12H2,1-5H3. The van der Waals surface area contributed by atoms with Crippen molar-refractivity contribution >= 4 is 17.3 Å². The Bertz CT molecular complexity index is 417. The maximum absolute atomic E-state index is 11.6. The van der Waals surface area contributed by atoms with Crippen LogP contribution in [-0.4, -0.2) is 31.2 Å².